The highest BCUT2D eigenvalue weighted by Gasteiger charge is 2.53. The number of fused-ring (bicyclic) bond motifs is 1. The normalized spacial score (nSPS) is 21.0. The first kappa shape index (κ1) is 19.4. The molecule has 1 aromatic rings. The van der Waals surface area contributed by atoms with Crippen LogP contribution in [0.25, 0.3) is 0 Å². The summed E-state index contributed by atoms with van der Waals surface area (Å²) in [6, 6.07) is 3.66. The van der Waals surface area contributed by atoms with Crippen LogP contribution in [0, 0.1) is 0 Å². The number of carboxylic acids is 1. The van der Waals surface area contributed by atoms with Crippen LogP contribution in [0.15, 0.2) is 35.1 Å². The number of nitrogens with one attached hydrogen (secondary N) is 2. The van der Waals surface area contributed by atoms with Gasteiger partial charge in [-0.25, -0.2) is 9.78 Å². The number of hydrogen-bond donors (Lipinski definition) is 3. The van der Waals surface area contributed by atoms with Gasteiger partial charge in [0.25, 0.3) is 11.8 Å². The number of carboxylic acid groups (broad SMARTS) is 1. The predicted molar refractivity (Wildman–Crippen MR) is 98.2 cm³/mol. The van der Waals surface area contributed by atoms with Gasteiger partial charge in [0, 0.05) is 5.75 Å². The predicted octanol–water partition coefficient (Wildman–Crippen LogP) is -0.631. The minimum Gasteiger partial charge on any atom is -0.477 e. The van der Waals surface area contributed by atoms with Crippen molar-refractivity contribution in [3.63, 3.8) is 0 Å². The number of anilines is 1. The van der Waals surface area contributed by atoms with Crippen LogP contribution in [0.4, 0.5) is 5.82 Å². The number of amides is 3. The topological polar surface area (TPSA) is 150 Å². The minimum absolute atomic E-state index is 0.0978. The van der Waals surface area contributed by atoms with Crippen molar-refractivity contribution >= 4 is 47.5 Å². The molecule has 0 saturated carbocycles. The van der Waals surface area contributed by atoms with Gasteiger partial charge < -0.3 is 20.6 Å². The summed E-state index contributed by atoms with van der Waals surface area (Å²) in [6.07, 6.45) is 1.89. The lowest BCUT2D eigenvalue weighted by molar-refractivity contribution is -0.150. The van der Waals surface area contributed by atoms with Gasteiger partial charge in [-0.1, -0.05) is 11.2 Å². The number of β-lactam (4-membered cyclic amide) rings is 1. The van der Waals surface area contributed by atoms with Crippen molar-refractivity contribution in [1.82, 2.24) is 15.2 Å². The molecule has 0 spiro atoms. The number of oxime groups is 1. The zero-order chi connectivity index (χ0) is 20.3. The molecule has 146 valence electrons. The highest BCUT2D eigenvalue weighted by molar-refractivity contribution is 8.00. The molecule has 12 heteroatoms. The second kappa shape index (κ2) is 8.08. The molecule has 0 bridgehead atoms. The number of nitrogens with zero attached hydrogens (tertiary/aromatic N) is 3. The Morgan fingerprint density at radius 3 is 2.93 bits per heavy atom. The third-order valence-electron chi connectivity index (χ3n) is 3.95. The van der Waals surface area contributed by atoms with E-state index in [4.69, 9.17) is 4.84 Å². The Kier molecular flexibility index (Phi) is 5.59. The van der Waals surface area contributed by atoms with Crippen LogP contribution in [-0.4, -0.2) is 69.2 Å². The fraction of sp³-hybridized carbons (Fsp3) is 0.250. The van der Waals surface area contributed by atoms with E-state index in [0.717, 1.165) is 4.90 Å². The number of aliphatic carboxylic acids is 1. The highest BCUT2D eigenvalue weighted by atomic mass is 32.2. The maximum atomic E-state index is 12.7. The first-order valence-corrected chi connectivity index (χ1v) is 9.00. The van der Waals surface area contributed by atoms with Crippen LogP contribution in [0.5, 0.6) is 0 Å². The summed E-state index contributed by atoms with van der Waals surface area (Å²) >= 11 is 1.33. The molecule has 2 aliphatic heterocycles. The van der Waals surface area contributed by atoms with Crippen molar-refractivity contribution in [1.29, 1.82) is 0 Å². The standard InChI is InChI=1S/C16H15N5O6S/c1-27-20-11(8-3-2-4-10(18-8)17-7-22)13(23)19-12-14(24)21-9(16(25)26)5-6-28-15(12)21/h2-5,7,12,15H,6H2,1H3,(H,19,23)(H,25,26)(H,17,18,22)/b20-11-/t12?,15-/m1/s1. The van der Waals surface area contributed by atoms with Gasteiger partial charge in [0.05, 0.1) is 0 Å². The summed E-state index contributed by atoms with van der Waals surface area (Å²) in [7, 11) is 1.25. The molecule has 2 atom stereocenters. The molecule has 3 amide bonds. The molecule has 2 aliphatic rings. The van der Waals surface area contributed by atoms with Gasteiger partial charge >= 0.3 is 5.97 Å². The van der Waals surface area contributed by atoms with Crippen molar-refractivity contribution in [3.8, 4) is 0 Å². The minimum atomic E-state index is -1.20. The second-order valence-electron chi connectivity index (χ2n) is 5.57. The molecule has 1 fully saturated rings. The van der Waals surface area contributed by atoms with Gasteiger partial charge in [0.1, 0.15) is 35.7 Å². The molecule has 3 rings (SSSR count). The van der Waals surface area contributed by atoms with E-state index in [0.29, 0.717) is 12.2 Å². The number of hydrogen-bond acceptors (Lipinski definition) is 8. The number of thioether (sulfide) groups is 1. The van der Waals surface area contributed by atoms with Gasteiger partial charge in [0.2, 0.25) is 6.41 Å². The molecule has 1 unspecified atom stereocenters. The lowest BCUT2D eigenvalue weighted by atomic mass is 10.0. The van der Waals surface area contributed by atoms with Crippen molar-refractivity contribution in [2.75, 3.05) is 18.2 Å². The molecular formula is C16H15N5O6S. The first-order valence-electron chi connectivity index (χ1n) is 7.95. The highest BCUT2D eigenvalue weighted by Crippen LogP contribution is 2.37. The van der Waals surface area contributed by atoms with Crippen molar-refractivity contribution in [2.24, 2.45) is 5.16 Å². The molecule has 3 heterocycles. The molecule has 3 N–H and O–H groups in total. The van der Waals surface area contributed by atoms with Gasteiger partial charge in [-0.05, 0) is 18.2 Å². The molecule has 0 aliphatic carbocycles. The van der Waals surface area contributed by atoms with E-state index >= 15 is 0 Å². The molecule has 28 heavy (non-hydrogen) atoms. The summed E-state index contributed by atoms with van der Waals surface area (Å²) in [5.41, 5.74) is -0.172. The Balaban J connectivity index is 1.78. The van der Waals surface area contributed by atoms with E-state index in [1.165, 1.54) is 37.1 Å². The van der Waals surface area contributed by atoms with Gasteiger partial charge in [-0.15, -0.1) is 11.8 Å². The molecule has 1 saturated heterocycles. The van der Waals surface area contributed by atoms with Crippen molar-refractivity contribution in [2.45, 2.75) is 11.4 Å². The maximum Gasteiger partial charge on any atom is 0.352 e. The zero-order valence-electron chi connectivity index (χ0n) is 14.5. The Hall–Kier alpha value is -3.41. The lowest BCUT2D eigenvalue weighted by Crippen LogP contribution is -2.70. The average molecular weight is 405 g/mol. The third-order valence-corrected chi connectivity index (χ3v) is 5.13. The Bertz CT molecular complexity index is 901. The van der Waals surface area contributed by atoms with E-state index in [2.05, 4.69) is 20.8 Å². The molecule has 0 aromatic carbocycles. The van der Waals surface area contributed by atoms with Gasteiger partial charge in [0.15, 0.2) is 5.71 Å². The number of pyridine rings is 1. The Labute approximate surface area is 162 Å². The average Bonchev–Trinajstić information content (AvgIpc) is 2.69. The first-order chi connectivity index (χ1) is 13.5. The van der Waals surface area contributed by atoms with E-state index < -0.39 is 29.2 Å². The monoisotopic (exact) mass is 405 g/mol. The van der Waals surface area contributed by atoms with Crippen molar-refractivity contribution in [3.05, 3.63) is 35.7 Å². The van der Waals surface area contributed by atoms with Gasteiger partial charge in [-0.3, -0.25) is 19.3 Å². The third kappa shape index (κ3) is 3.53. The maximum absolute atomic E-state index is 12.7. The van der Waals surface area contributed by atoms with Crippen LogP contribution in [-0.2, 0) is 24.0 Å². The van der Waals surface area contributed by atoms with Crippen LogP contribution in [0.2, 0.25) is 0 Å². The summed E-state index contributed by atoms with van der Waals surface area (Å²) < 4.78 is 0. The fourth-order valence-electron chi connectivity index (χ4n) is 2.75. The van der Waals surface area contributed by atoms with Crippen molar-refractivity contribution < 1.29 is 29.1 Å². The summed E-state index contributed by atoms with van der Waals surface area (Å²) in [5, 5.41) is 17.2. The Morgan fingerprint density at radius 2 is 2.25 bits per heavy atom. The summed E-state index contributed by atoms with van der Waals surface area (Å²) in [5.74, 6) is -1.84. The largest absolute Gasteiger partial charge is 0.477 e. The molecular weight excluding hydrogens is 390 g/mol. The summed E-state index contributed by atoms with van der Waals surface area (Å²) in [6.45, 7) is 0. The van der Waals surface area contributed by atoms with Crippen LogP contribution < -0.4 is 10.6 Å². The Morgan fingerprint density at radius 1 is 1.46 bits per heavy atom. The van der Waals surface area contributed by atoms with E-state index in [1.54, 1.807) is 6.07 Å². The molecule has 11 nitrogen and oxygen atoms in total. The van der Waals surface area contributed by atoms with E-state index in [9.17, 15) is 24.3 Å². The zero-order valence-corrected chi connectivity index (χ0v) is 15.3. The lowest BCUT2D eigenvalue weighted by Gasteiger charge is -2.48. The quantitative estimate of drug-likeness (QED) is 0.235. The van der Waals surface area contributed by atoms with Gasteiger partial charge in [-0.2, -0.15) is 0 Å². The number of carbonyl (C=O) groups is 4. The summed E-state index contributed by atoms with van der Waals surface area (Å²) in [4.78, 5) is 56.8. The van der Waals surface area contributed by atoms with Crippen LogP contribution in [0.3, 0.4) is 0 Å². The number of rotatable bonds is 7. The smallest absolute Gasteiger partial charge is 0.352 e. The second-order valence-corrected chi connectivity index (χ2v) is 6.72. The van der Waals surface area contributed by atoms with Crippen LogP contribution >= 0.6 is 11.8 Å². The number of aromatic nitrogens is 1. The van der Waals surface area contributed by atoms with E-state index in [1.807, 2.05) is 0 Å². The van der Waals surface area contributed by atoms with E-state index in [-0.39, 0.29) is 22.9 Å². The fourth-order valence-corrected chi connectivity index (χ4v) is 3.95. The van der Waals surface area contributed by atoms with Crippen LogP contribution in [0.1, 0.15) is 5.69 Å². The SMILES string of the molecule is CO/N=C(\C(=O)NC1C(=O)N2C(C(=O)O)=CCS[C@H]12)c1cccc(NC=O)n1. The molecule has 0 radical (unpaired) electrons. The molecule has 1 aromatic heterocycles. The number of carbonyl (C=O) groups excluding carboxylic acids is 3.